The second-order valence-corrected chi connectivity index (χ2v) is 5.60. The van der Waals surface area contributed by atoms with Gasteiger partial charge in [0, 0.05) is 31.0 Å². The van der Waals surface area contributed by atoms with Gasteiger partial charge in [-0.05, 0) is 19.1 Å². The van der Waals surface area contributed by atoms with E-state index in [2.05, 4.69) is 47.9 Å². The minimum absolute atomic E-state index is 0.547. The smallest absolute Gasteiger partial charge is 0.166 e. The van der Waals surface area contributed by atoms with Crippen molar-refractivity contribution in [3.63, 3.8) is 0 Å². The lowest BCUT2D eigenvalue weighted by Crippen LogP contribution is -3.12. The normalized spacial score (nSPS) is 22.8. The Morgan fingerprint density at radius 1 is 1.26 bits per heavy atom. The average molecular weight is 278 g/mol. The third kappa shape index (κ3) is 4.80. The highest BCUT2D eigenvalue weighted by Crippen LogP contribution is 2.01. The molecule has 0 aromatic heterocycles. The van der Waals surface area contributed by atoms with E-state index in [1.165, 1.54) is 31.5 Å². The van der Waals surface area contributed by atoms with Crippen molar-refractivity contribution in [1.29, 1.82) is 0 Å². The number of hydrogen-bond donors (Lipinski definition) is 3. The molecular weight excluding hydrogens is 254 g/mol. The van der Waals surface area contributed by atoms with Crippen LogP contribution in [0.15, 0.2) is 30.3 Å². The van der Waals surface area contributed by atoms with Crippen molar-refractivity contribution in [1.82, 2.24) is 10.6 Å². The highest BCUT2D eigenvalue weighted by atomic mass is 32.1. The molecular formula is C15H24N3S+. The average Bonchev–Trinajstić information content (AvgIpc) is 2.42. The molecule has 0 radical (unpaired) electrons. The molecule has 0 amide bonds. The summed E-state index contributed by atoms with van der Waals surface area (Å²) in [5, 5.41) is 7.37. The van der Waals surface area contributed by atoms with Crippen molar-refractivity contribution < 1.29 is 4.90 Å². The minimum atomic E-state index is 0.547. The van der Waals surface area contributed by atoms with Gasteiger partial charge < -0.3 is 15.5 Å². The van der Waals surface area contributed by atoms with Crippen LogP contribution in [0.5, 0.6) is 0 Å². The number of thiocarbonyl (C=S) groups is 1. The summed E-state index contributed by atoms with van der Waals surface area (Å²) < 4.78 is 0. The van der Waals surface area contributed by atoms with E-state index in [0.29, 0.717) is 6.04 Å². The number of quaternary nitrogens is 1. The second kappa shape index (κ2) is 7.46. The summed E-state index contributed by atoms with van der Waals surface area (Å²) >= 11 is 5.24. The van der Waals surface area contributed by atoms with E-state index >= 15 is 0 Å². The molecule has 0 unspecified atom stereocenters. The Labute approximate surface area is 121 Å². The molecule has 1 aliphatic heterocycles. The molecule has 1 saturated heterocycles. The molecule has 1 fully saturated rings. The van der Waals surface area contributed by atoms with Crippen molar-refractivity contribution in [2.24, 2.45) is 0 Å². The number of likely N-dealkylation sites (tertiary alicyclic amines) is 1. The zero-order chi connectivity index (χ0) is 13.5. The summed E-state index contributed by atoms with van der Waals surface area (Å²) in [7, 11) is 0. The highest BCUT2D eigenvalue weighted by Gasteiger charge is 2.22. The molecule has 2 rings (SSSR count). The lowest BCUT2D eigenvalue weighted by atomic mass is 10.0. The van der Waals surface area contributed by atoms with E-state index in [0.717, 1.165) is 18.2 Å². The van der Waals surface area contributed by atoms with Crippen molar-refractivity contribution in [3.05, 3.63) is 35.9 Å². The molecule has 4 heteroatoms. The van der Waals surface area contributed by atoms with Crippen molar-refractivity contribution in [3.8, 4) is 0 Å². The topological polar surface area (TPSA) is 28.5 Å². The molecule has 1 heterocycles. The van der Waals surface area contributed by atoms with Gasteiger partial charge in [0.05, 0.1) is 13.1 Å². The fourth-order valence-electron chi connectivity index (χ4n) is 2.63. The number of piperidine rings is 1. The van der Waals surface area contributed by atoms with Crippen LogP contribution in [0.4, 0.5) is 0 Å². The number of hydrogen-bond acceptors (Lipinski definition) is 1. The Bertz CT molecular complexity index is 386. The summed E-state index contributed by atoms with van der Waals surface area (Å²) in [6, 6.07) is 11.3. The molecule has 3 nitrogen and oxygen atoms in total. The third-order valence-corrected chi connectivity index (χ3v) is 3.92. The standard InChI is InChI=1S/C15H23N3S/c1-2-16-15(19)17-14-8-10-18(11-9-14)12-13-6-4-3-5-7-13/h3-7,14H,2,8-12H2,1H3,(H2,16,17,19)/p+1. The maximum Gasteiger partial charge on any atom is 0.166 e. The molecule has 1 aliphatic rings. The Hall–Kier alpha value is -1.13. The monoisotopic (exact) mass is 278 g/mol. The predicted octanol–water partition coefficient (Wildman–Crippen LogP) is 0.718. The lowest BCUT2D eigenvalue weighted by Gasteiger charge is -2.30. The number of benzene rings is 1. The summed E-state index contributed by atoms with van der Waals surface area (Å²) in [5.41, 5.74) is 1.44. The molecule has 104 valence electrons. The molecule has 0 aliphatic carbocycles. The van der Waals surface area contributed by atoms with Gasteiger partial charge in [0.1, 0.15) is 6.54 Å². The zero-order valence-electron chi connectivity index (χ0n) is 11.6. The largest absolute Gasteiger partial charge is 0.363 e. The summed E-state index contributed by atoms with van der Waals surface area (Å²) in [4.78, 5) is 1.68. The van der Waals surface area contributed by atoms with E-state index in [1.807, 2.05) is 0 Å². The van der Waals surface area contributed by atoms with Gasteiger partial charge in [-0.15, -0.1) is 0 Å². The molecule has 0 bridgehead atoms. The zero-order valence-corrected chi connectivity index (χ0v) is 12.4. The first-order valence-corrected chi connectivity index (χ1v) is 7.60. The van der Waals surface area contributed by atoms with Gasteiger partial charge in [0.15, 0.2) is 5.11 Å². The van der Waals surface area contributed by atoms with Gasteiger partial charge in [-0.2, -0.15) is 0 Å². The molecule has 0 saturated carbocycles. The van der Waals surface area contributed by atoms with Crippen LogP contribution >= 0.6 is 12.2 Å². The van der Waals surface area contributed by atoms with Crippen molar-refractivity contribution in [2.45, 2.75) is 32.4 Å². The molecule has 1 aromatic carbocycles. The molecule has 1 aromatic rings. The van der Waals surface area contributed by atoms with Crippen molar-refractivity contribution >= 4 is 17.3 Å². The number of rotatable bonds is 4. The SMILES string of the molecule is CCNC(=S)NC1CC[NH+](Cc2ccccc2)CC1. The Kier molecular flexibility index (Phi) is 5.61. The first-order valence-electron chi connectivity index (χ1n) is 7.19. The second-order valence-electron chi connectivity index (χ2n) is 5.19. The predicted molar refractivity (Wildman–Crippen MR) is 83.3 cm³/mol. The Morgan fingerprint density at radius 2 is 1.95 bits per heavy atom. The number of nitrogens with one attached hydrogen (secondary N) is 3. The van der Waals surface area contributed by atoms with Crippen LogP contribution in [-0.4, -0.2) is 30.8 Å². The minimum Gasteiger partial charge on any atom is -0.363 e. The quantitative estimate of drug-likeness (QED) is 0.709. The fraction of sp³-hybridized carbons (Fsp3) is 0.533. The first-order chi connectivity index (χ1) is 9.28. The van der Waals surface area contributed by atoms with Crippen molar-refractivity contribution in [2.75, 3.05) is 19.6 Å². The molecule has 3 N–H and O–H groups in total. The Balaban J connectivity index is 1.72. The van der Waals surface area contributed by atoms with E-state index in [1.54, 1.807) is 4.90 Å². The first kappa shape index (κ1) is 14.3. The van der Waals surface area contributed by atoms with Crippen LogP contribution in [-0.2, 0) is 6.54 Å². The van der Waals surface area contributed by atoms with Crippen LogP contribution in [0.2, 0.25) is 0 Å². The van der Waals surface area contributed by atoms with Crippen LogP contribution in [0, 0.1) is 0 Å². The maximum atomic E-state index is 5.24. The fourth-order valence-corrected chi connectivity index (χ4v) is 2.94. The third-order valence-electron chi connectivity index (χ3n) is 3.66. The van der Waals surface area contributed by atoms with Gasteiger partial charge in [-0.1, -0.05) is 30.3 Å². The van der Waals surface area contributed by atoms with Crippen LogP contribution in [0.25, 0.3) is 0 Å². The molecule has 19 heavy (non-hydrogen) atoms. The van der Waals surface area contributed by atoms with Crippen LogP contribution in [0.1, 0.15) is 25.3 Å². The van der Waals surface area contributed by atoms with E-state index in [4.69, 9.17) is 12.2 Å². The summed E-state index contributed by atoms with van der Waals surface area (Å²) in [5.74, 6) is 0. The van der Waals surface area contributed by atoms with Gasteiger partial charge in [0.25, 0.3) is 0 Å². The maximum absolute atomic E-state index is 5.24. The van der Waals surface area contributed by atoms with Crippen LogP contribution in [0.3, 0.4) is 0 Å². The summed E-state index contributed by atoms with van der Waals surface area (Å²) in [6.45, 7) is 6.55. The van der Waals surface area contributed by atoms with E-state index < -0.39 is 0 Å². The van der Waals surface area contributed by atoms with Gasteiger partial charge >= 0.3 is 0 Å². The Morgan fingerprint density at radius 3 is 2.58 bits per heavy atom. The molecule has 0 spiro atoms. The lowest BCUT2D eigenvalue weighted by molar-refractivity contribution is -0.918. The van der Waals surface area contributed by atoms with Gasteiger partial charge in [-0.25, -0.2) is 0 Å². The highest BCUT2D eigenvalue weighted by molar-refractivity contribution is 7.80. The van der Waals surface area contributed by atoms with E-state index in [-0.39, 0.29) is 0 Å². The molecule has 0 atom stereocenters. The van der Waals surface area contributed by atoms with E-state index in [9.17, 15) is 0 Å². The van der Waals surface area contributed by atoms with Gasteiger partial charge in [0.2, 0.25) is 0 Å². The van der Waals surface area contributed by atoms with Crippen LogP contribution < -0.4 is 15.5 Å². The van der Waals surface area contributed by atoms with Gasteiger partial charge in [-0.3, -0.25) is 0 Å². The summed E-state index contributed by atoms with van der Waals surface area (Å²) in [6.07, 6.45) is 2.40.